The van der Waals surface area contributed by atoms with Gasteiger partial charge in [0, 0.05) is 19.7 Å². The lowest BCUT2D eigenvalue weighted by atomic mass is 9.94. The van der Waals surface area contributed by atoms with Crippen LogP contribution in [0.2, 0.25) is 0 Å². The van der Waals surface area contributed by atoms with Crippen molar-refractivity contribution in [1.29, 1.82) is 0 Å². The average Bonchev–Trinajstić information content (AvgIpc) is 2.73. The SMILES string of the molecule is CCN(C(=O)CSc1nc2ccccc2c(=O)n1CCOC)C1CCCCC1. The van der Waals surface area contributed by atoms with Crippen molar-refractivity contribution in [1.82, 2.24) is 14.5 Å². The Bertz CT molecular complexity index is 862. The number of nitrogens with zero attached hydrogens (tertiary/aromatic N) is 3. The summed E-state index contributed by atoms with van der Waals surface area (Å²) in [7, 11) is 1.61. The quantitative estimate of drug-likeness (QED) is 0.500. The summed E-state index contributed by atoms with van der Waals surface area (Å²) in [6, 6.07) is 7.69. The lowest BCUT2D eigenvalue weighted by Crippen LogP contribution is -2.42. The van der Waals surface area contributed by atoms with E-state index in [0.717, 1.165) is 19.4 Å². The van der Waals surface area contributed by atoms with E-state index in [2.05, 4.69) is 4.98 Å². The first-order valence-electron chi connectivity index (χ1n) is 10.1. The second kappa shape index (κ2) is 10.1. The smallest absolute Gasteiger partial charge is 0.262 e. The molecule has 0 aliphatic heterocycles. The van der Waals surface area contributed by atoms with Gasteiger partial charge in [-0.25, -0.2) is 4.98 Å². The molecule has 28 heavy (non-hydrogen) atoms. The van der Waals surface area contributed by atoms with Crippen molar-refractivity contribution < 1.29 is 9.53 Å². The predicted molar refractivity (Wildman–Crippen MR) is 113 cm³/mol. The van der Waals surface area contributed by atoms with Gasteiger partial charge in [0.05, 0.1) is 29.8 Å². The third kappa shape index (κ3) is 4.75. The van der Waals surface area contributed by atoms with Gasteiger partial charge in [0.2, 0.25) is 5.91 Å². The standard InChI is InChI=1S/C21H29N3O3S/c1-3-23(16-9-5-4-6-10-16)19(25)15-28-21-22-18-12-8-7-11-17(18)20(26)24(21)13-14-27-2/h7-8,11-12,16H,3-6,9-10,13-15H2,1-2H3. The number of amides is 1. The number of methoxy groups -OCH3 is 1. The molecular formula is C21H29N3O3S. The number of thioether (sulfide) groups is 1. The highest BCUT2D eigenvalue weighted by Gasteiger charge is 2.24. The number of fused-ring (bicyclic) bond motifs is 1. The van der Waals surface area contributed by atoms with Crippen molar-refractivity contribution in [2.45, 2.75) is 56.8 Å². The van der Waals surface area contributed by atoms with E-state index < -0.39 is 0 Å². The molecule has 1 fully saturated rings. The molecule has 1 aromatic carbocycles. The van der Waals surface area contributed by atoms with Gasteiger partial charge in [-0.05, 0) is 31.9 Å². The number of carbonyl (C=O) groups excluding carboxylic acids is 1. The monoisotopic (exact) mass is 403 g/mol. The summed E-state index contributed by atoms with van der Waals surface area (Å²) in [6.45, 7) is 3.61. The van der Waals surface area contributed by atoms with E-state index in [4.69, 9.17) is 4.74 Å². The fourth-order valence-corrected chi connectivity index (χ4v) is 4.79. The van der Waals surface area contributed by atoms with Crippen LogP contribution in [0.15, 0.2) is 34.2 Å². The summed E-state index contributed by atoms with van der Waals surface area (Å²) in [5, 5.41) is 1.17. The van der Waals surface area contributed by atoms with E-state index >= 15 is 0 Å². The largest absolute Gasteiger partial charge is 0.383 e. The molecule has 0 saturated heterocycles. The van der Waals surface area contributed by atoms with Crippen LogP contribution < -0.4 is 5.56 Å². The predicted octanol–water partition coefficient (Wildman–Crippen LogP) is 3.32. The van der Waals surface area contributed by atoms with Crippen molar-refractivity contribution in [2.24, 2.45) is 0 Å². The van der Waals surface area contributed by atoms with Gasteiger partial charge in [-0.1, -0.05) is 43.2 Å². The summed E-state index contributed by atoms with van der Waals surface area (Å²) in [5.41, 5.74) is 0.577. The van der Waals surface area contributed by atoms with E-state index in [0.29, 0.717) is 41.0 Å². The zero-order valence-electron chi connectivity index (χ0n) is 16.7. The molecule has 1 aromatic heterocycles. The zero-order chi connectivity index (χ0) is 19.9. The van der Waals surface area contributed by atoms with E-state index in [9.17, 15) is 9.59 Å². The first kappa shape index (κ1) is 20.9. The molecule has 0 radical (unpaired) electrons. The molecule has 0 atom stereocenters. The van der Waals surface area contributed by atoms with Crippen molar-refractivity contribution in [2.75, 3.05) is 26.0 Å². The molecule has 3 rings (SSSR count). The van der Waals surface area contributed by atoms with Gasteiger partial charge in [-0.15, -0.1) is 0 Å². The molecule has 0 unspecified atom stereocenters. The Balaban J connectivity index is 1.80. The molecule has 152 valence electrons. The van der Waals surface area contributed by atoms with Gasteiger partial charge in [-0.3, -0.25) is 14.2 Å². The second-order valence-corrected chi connectivity index (χ2v) is 8.06. The summed E-state index contributed by atoms with van der Waals surface area (Å²) < 4.78 is 6.78. The summed E-state index contributed by atoms with van der Waals surface area (Å²) in [5.74, 6) is 0.419. The minimum Gasteiger partial charge on any atom is -0.383 e. The molecule has 0 N–H and O–H groups in total. The number of hydrogen-bond donors (Lipinski definition) is 0. The molecule has 1 amide bonds. The molecule has 1 aliphatic rings. The van der Waals surface area contributed by atoms with Crippen molar-refractivity contribution >= 4 is 28.6 Å². The van der Waals surface area contributed by atoms with Crippen LogP contribution in [0, 0.1) is 0 Å². The van der Waals surface area contributed by atoms with Gasteiger partial charge in [0.1, 0.15) is 0 Å². The first-order valence-corrected chi connectivity index (χ1v) is 11.0. The summed E-state index contributed by atoms with van der Waals surface area (Å²) in [4.78, 5) is 32.4. The highest BCUT2D eigenvalue weighted by molar-refractivity contribution is 7.99. The molecule has 0 spiro atoms. The number of aromatic nitrogens is 2. The van der Waals surface area contributed by atoms with Gasteiger partial charge in [-0.2, -0.15) is 0 Å². The minimum absolute atomic E-state index is 0.0859. The number of carbonyl (C=O) groups is 1. The van der Waals surface area contributed by atoms with Crippen LogP contribution in [-0.2, 0) is 16.1 Å². The molecule has 7 heteroatoms. The first-order chi connectivity index (χ1) is 13.7. The van der Waals surface area contributed by atoms with Gasteiger partial charge in [0.15, 0.2) is 5.16 Å². The van der Waals surface area contributed by atoms with Crippen LogP contribution in [0.4, 0.5) is 0 Å². The van der Waals surface area contributed by atoms with Crippen LogP contribution in [0.25, 0.3) is 10.9 Å². The van der Waals surface area contributed by atoms with Crippen molar-refractivity contribution in [3.8, 4) is 0 Å². The maximum Gasteiger partial charge on any atom is 0.262 e. The van der Waals surface area contributed by atoms with Crippen LogP contribution in [0.5, 0.6) is 0 Å². The number of para-hydroxylation sites is 1. The molecule has 2 aromatic rings. The Labute approximate surface area is 170 Å². The Kier molecular flexibility index (Phi) is 7.50. The minimum atomic E-state index is -0.0859. The van der Waals surface area contributed by atoms with E-state index in [1.54, 1.807) is 17.7 Å². The number of ether oxygens (including phenoxy) is 1. The van der Waals surface area contributed by atoms with Crippen LogP contribution in [0.3, 0.4) is 0 Å². The lowest BCUT2D eigenvalue weighted by molar-refractivity contribution is -0.131. The van der Waals surface area contributed by atoms with Gasteiger partial charge < -0.3 is 9.64 Å². The van der Waals surface area contributed by atoms with Crippen molar-refractivity contribution in [3.05, 3.63) is 34.6 Å². The van der Waals surface area contributed by atoms with Gasteiger partial charge in [0.25, 0.3) is 5.56 Å². The summed E-state index contributed by atoms with van der Waals surface area (Å²) >= 11 is 1.35. The second-order valence-electron chi connectivity index (χ2n) is 7.12. The fourth-order valence-electron chi connectivity index (χ4n) is 3.88. The topological polar surface area (TPSA) is 64.4 Å². The van der Waals surface area contributed by atoms with Crippen LogP contribution in [-0.4, -0.2) is 52.4 Å². The third-order valence-corrected chi connectivity index (χ3v) is 6.31. The normalized spacial score (nSPS) is 15.1. The highest BCUT2D eigenvalue weighted by Crippen LogP contribution is 2.24. The zero-order valence-corrected chi connectivity index (χ0v) is 17.5. The Morgan fingerprint density at radius 3 is 2.75 bits per heavy atom. The van der Waals surface area contributed by atoms with E-state index in [1.165, 1.54) is 31.0 Å². The van der Waals surface area contributed by atoms with E-state index in [-0.39, 0.29) is 11.5 Å². The Morgan fingerprint density at radius 2 is 2.04 bits per heavy atom. The summed E-state index contributed by atoms with van der Waals surface area (Å²) in [6.07, 6.45) is 5.85. The Morgan fingerprint density at radius 1 is 1.29 bits per heavy atom. The molecule has 6 nitrogen and oxygen atoms in total. The molecule has 0 bridgehead atoms. The number of benzene rings is 1. The van der Waals surface area contributed by atoms with E-state index in [1.807, 2.05) is 30.0 Å². The molecule has 1 aliphatic carbocycles. The van der Waals surface area contributed by atoms with Crippen LogP contribution >= 0.6 is 11.8 Å². The van der Waals surface area contributed by atoms with Crippen LogP contribution in [0.1, 0.15) is 39.0 Å². The maximum absolute atomic E-state index is 12.9. The average molecular weight is 404 g/mol. The molecule has 1 heterocycles. The highest BCUT2D eigenvalue weighted by atomic mass is 32.2. The third-order valence-electron chi connectivity index (χ3n) is 5.35. The maximum atomic E-state index is 12.9. The number of hydrogen-bond acceptors (Lipinski definition) is 5. The number of rotatable bonds is 8. The van der Waals surface area contributed by atoms with Crippen molar-refractivity contribution in [3.63, 3.8) is 0 Å². The lowest BCUT2D eigenvalue weighted by Gasteiger charge is -2.33. The van der Waals surface area contributed by atoms with Gasteiger partial charge >= 0.3 is 0 Å². The fraction of sp³-hybridized carbons (Fsp3) is 0.571. The Hall–Kier alpha value is -1.86. The molecule has 1 saturated carbocycles. The molecular weight excluding hydrogens is 374 g/mol.